The summed E-state index contributed by atoms with van der Waals surface area (Å²) in [5, 5.41) is 0. The number of para-hydroxylation sites is 1. The van der Waals surface area contributed by atoms with E-state index in [0.29, 0.717) is 16.8 Å². The standard InChI is InChI=1S/C19H19NO4/c1-19(2,3)13-9-10-16-15(11-13)20(18(22)24-16)17(21)12-23-14-7-5-4-6-8-14/h4-11H,12H2,1-3H3. The minimum Gasteiger partial charge on any atom is -0.484 e. The largest absolute Gasteiger partial charge is 0.484 e. The minimum atomic E-state index is -0.697. The Hall–Kier alpha value is -2.82. The van der Waals surface area contributed by atoms with Gasteiger partial charge in [-0.2, -0.15) is 0 Å². The maximum absolute atomic E-state index is 12.5. The van der Waals surface area contributed by atoms with E-state index in [1.165, 1.54) is 0 Å². The van der Waals surface area contributed by atoms with Crippen LogP contribution in [0.15, 0.2) is 57.7 Å². The van der Waals surface area contributed by atoms with Gasteiger partial charge in [0.1, 0.15) is 5.75 Å². The monoisotopic (exact) mass is 325 g/mol. The highest BCUT2D eigenvalue weighted by Crippen LogP contribution is 2.25. The number of hydrogen-bond acceptors (Lipinski definition) is 4. The van der Waals surface area contributed by atoms with Crippen LogP contribution >= 0.6 is 0 Å². The normalized spacial score (nSPS) is 11.6. The molecule has 2 aromatic carbocycles. The summed E-state index contributed by atoms with van der Waals surface area (Å²) in [7, 11) is 0. The molecule has 1 heterocycles. The Morgan fingerprint density at radius 1 is 1.12 bits per heavy atom. The summed E-state index contributed by atoms with van der Waals surface area (Å²) in [6, 6.07) is 14.4. The van der Waals surface area contributed by atoms with Crippen LogP contribution in [0.25, 0.3) is 11.1 Å². The van der Waals surface area contributed by atoms with E-state index in [1.54, 1.807) is 18.2 Å². The fourth-order valence-corrected chi connectivity index (χ4v) is 2.45. The highest BCUT2D eigenvalue weighted by Gasteiger charge is 2.20. The summed E-state index contributed by atoms with van der Waals surface area (Å²) in [5.41, 5.74) is 1.77. The number of ether oxygens (including phenoxy) is 1. The van der Waals surface area contributed by atoms with Crippen LogP contribution in [-0.2, 0) is 5.41 Å². The molecular weight excluding hydrogens is 306 g/mol. The third-order valence-corrected chi connectivity index (χ3v) is 3.80. The van der Waals surface area contributed by atoms with Crippen molar-refractivity contribution in [2.75, 3.05) is 6.61 Å². The lowest BCUT2D eigenvalue weighted by atomic mass is 9.87. The second-order valence-corrected chi connectivity index (χ2v) is 6.63. The van der Waals surface area contributed by atoms with Crippen LogP contribution in [0.4, 0.5) is 0 Å². The van der Waals surface area contributed by atoms with Crippen LogP contribution in [0.1, 0.15) is 31.1 Å². The lowest BCUT2D eigenvalue weighted by Crippen LogP contribution is -2.27. The highest BCUT2D eigenvalue weighted by molar-refractivity contribution is 5.90. The molecule has 0 atom stereocenters. The van der Waals surface area contributed by atoms with Gasteiger partial charge in [0.2, 0.25) is 0 Å². The van der Waals surface area contributed by atoms with Crippen LogP contribution in [-0.4, -0.2) is 17.1 Å². The number of fused-ring (bicyclic) bond motifs is 1. The lowest BCUT2D eigenvalue weighted by molar-refractivity contribution is 0.0834. The van der Waals surface area contributed by atoms with E-state index in [4.69, 9.17) is 9.15 Å². The van der Waals surface area contributed by atoms with Crippen molar-refractivity contribution in [3.05, 3.63) is 64.6 Å². The Bertz CT molecular complexity index is 929. The van der Waals surface area contributed by atoms with Crippen molar-refractivity contribution >= 4 is 17.0 Å². The first-order valence-electron chi connectivity index (χ1n) is 7.73. The summed E-state index contributed by atoms with van der Waals surface area (Å²) < 4.78 is 11.6. The molecule has 0 unspecified atom stereocenters. The molecular formula is C19H19NO4. The zero-order valence-corrected chi connectivity index (χ0v) is 13.9. The van der Waals surface area contributed by atoms with Gasteiger partial charge in [0.15, 0.2) is 12.2 Å². The predicted octanol–water partition coefficient (Wildman–Crippen LogP) is 3.61. The summed E-state index contributed by atoms with van der Waals surface area (Å²) in [6.07, 6.45) is 0. The quantitative estimate of drug-likeness (QED) is 0.738. The molecule has 3 aromatic rings. The Morgan fingerprint density at radius 2 is 1.83 bits per heavy atom. The molecule has 0 fully saturated rings. The van der Waals surface area contributed by atoms with Gasteiger partial charge >= 0.3 is 5.76 Å². The van der Waals surface area contributed by atoms with Crippen molar-refractivity contribution in [2.45, 2.75) is 26.2 Å². The van der Waals surface area contributed by atoms with Gasteiger partial charge in [0.05, 0.1) is 5.52 Å². The number of oxazole rings is 1. The maximum atomic E-state index is 12.5. The second kappa shape index (κ2) is 6.00. The molecule has 0 amide bonds. The van der Waals surface area contributed by atoms with Gasteiger partial charge in [-0.3, -0.25) is 4.79 Å². The number of hydrogen-bond donors (Lipinski definition) is 0. The molecule has 0 aliphatic carbocycles. The van der Waals surface area contributed by atoms with Gasteiger partial charge < -0.3 is 9.15 Å². The van der Waals surface area contributed by atoms with Gasteiger partial charge in [-0.25, -0.2) is 9.36 Å². The molecule has 5 nitrogen and oxygen atoms in total. The van der Waals surface area contributed by atoms with E-state index < -0.39 is 11.7 Å². The average Bonchev–Trinajstić information content (AvgIpc) is 2.87. The number of nitrogens with zero attached hydrogens (tertiary/aromatic N) is 1. The van der Waals surface area contributed by atoms with Crippen molar-refractivity contribution < 1.29 is 13.9 Å². The van der Waals surface area contributed by atoms with Gasteiger partial charge in [0.25, 0.3) is 5.91 Å². The van der Waals surface area contributed by atoms with Gasteiger partial charge in [0, 0.05) is 0 Å². The molecule has 3 rings (SSSR count). The molecule has 1 aromatic heterocycles. The molecule has 0 saturated heterocycles. The van der Waals surface area contributed by atoms with E-state index in [9.17, 15) is 9.59 Å². The zero-order valence-electron chi connectivity index (χ0n) is 13.9. The van der Waals surface area contributed by atoms with Crippen molar-refractivity contribution in [3.8, 4) is 5.75 Å². The number of carbonyl (C=O) groups is 1. The van der Waals surface area contributed by atoms with Gasteiger partial charge in [-0.05, 0) is 35.2 Å². The molecule has 0 N–H and O–H groups in total. The molecule has 0 radical (unpaired) electrons. The molecule has 0 spiro atoms. The van der Waals surface area contributed by atoms with Crippen LogP contribution in [0.5, 0.6) is 5.75 Å². The summed E-state index contributed by atoms with van der Waals surface area (Å²) in [4.78, 5) is 24.5. The van der Waals surface area contributed by atoms with E-state index in [-0.39, 0.29) is 12.0 Å². The average molecular weight is 325 g/mol. The molecule has 124 valence electrons. The first-order valence-corrected chi connectivity index (χ1v) is 7.73. The van der Waals surface area contributed by atoms with Crippen molar-refractivity contribution in [3.63, 3.8) is 0 Å². The van der Waals surface area contributed by atoms with E-state index >= 15 is 0 Å². The number of rotatable bonds is 3. The highest BCUT2D eigenvalue weighted by atomic mass is 16.5. The molecule has 0 bridgehead atoms. The maximum Gasteiger partial charge on any atom is 0.426 e. The SMILES string of the molecule is CC(C)(C)c1ccc2oc(=O)n(C(=O)COc3ccccc3)c2c1. The van der Waals surface area contributed by atoms with Crippen LogP contribution < -0.4 is 10.5 Å². The fraction of sp³-hybridized carbons (Fsp3) is 0.263. The number of benzene rings is 2. The first-order chi connectivity index (χ1) is 11.4. The van der Waals surface area contributed by atoms with E-state index in [0.717, 1.165) is 10.1 Å². The Balaban J connectivity index is 1.94. The number of carbonyl (C=O) groups excluding carboxylic acids is 1. The number of aromatic nitrogens is 1. The van der Waals surface area contributed by atoms with Crippen molar-refractivity contribution in [2.24, 2.45) is 0 Å². The van der Waals surface area contributed by atoms with Gasteiger partial charge in [-0.1, -0.05) is 45.0 Å². The Morgan fingerprint density at radius 3 is 2.50 bits per heavy atom. The van der Waals surface area contributed by atoms with E-state index in [2.05, 4.69) is 20.8 Å². The molecule has 0 aliphatic rings. The minimum absolute atomic E-state index is 0.101. The summed E-state index contributed by atoms with van der Waals surface area (Å²) in [5.74, 6) is -0.589. The molecule has 0 saturated carbocycles. The summed E-state index contributed by atoms with van der Waals surface area (Å²) >= 11 is 0. The Labute approximate surface area is 139 Å². The van der Waals surface area contributed by atoms with Crippen molar-refractivity contribution in [1.82, 2.24) is 4.57 Å². The molecule has 0 aliphatic heterocycles. The smallest absolute Gasteiger partial charge is 0.426 e. The summed E-state index contributed by atoms with van der Waals surface area (Å²) in [6.45, 7) is 5.96. The van der Waals surface area contributed by atoms with E-state index in [1.807, 2.05) is 30.3 Å². The first kappa shape index (κ1) is 16.1. The zero-order chi connectivity index (χ0) is 17.3. The van der Waals surface area contributed by atoms with Crippen LogP contribution in [0.3, 0.4) is 0 Å². The van der Waals surface area contributed by atoms with Crippen molar-refractivity contribution in [1.29, 1.82) is 0 Å². The topological polar surface area (TPSA) is 61.4 Å². The van der Waals surface area contributed by atoms with Crippen LogP contribution in [0, 0.1) is 0 Å². The van der Waals surface area contributed by atoms with Gasteiger partial charge in [-0.15, -0.1) is 0 Å². The fourth-order valence-electron chi connectivity index (χ4n) is 2.45. The lowest BCUT2D eigenvalue weighted by Gasteiger charge is -2.18. The Kier molecular flexibility index (Phi) is 4.01. The third-order valence-electron chi connectivity index (χ3n) is 3.80. The van der Waals surface area contributed by atoms with Crippen LogP contribution in [0.2, 0.25) is 0 Å². The molecule has 5 heteroatoms. The molecule has 24 heavy (non-hydrogen) atoms. The third kappa shape index (κ3) is 3.11. The predicted molar refractivity (Wildman–Crippen MR) is 91.7 cm³/mol. The second-order valence-electron chi connectivity index (χ2n) is 6.63.